The van der Waals surface area contributed by atoms with Crippen molar-refractivity contribution in [2.24, 2.45) is 0 Å². The van der Waals surface area contributed by atoms with Gasteiger partial charge in [-0.3, -0.25) is 4.98 Å². The van der Waals surface area contributed by atoms with Crippen LogP contribution in [-0.2, 0) is 9.47 Å². The molecule has 4 aromatic rings. The van der Waals surface area contributed by atoms with Gasteiger partial charge in [-0.1, -0.05) is 47.5 Å². The molecule has 6 rings (SSSR count). The first kappa shape index (κ1) is 28.2. The van der Waals surface area contributed by atoms with Gasteiger partial charge in [0.25, 0.3) is 0 Å². The molecule has 2 aromatic carbocycles. The molecule has 0 radical (unpaired) electrons. The van der Waals surface area contributed by atoms with E-state index in [1.54, 1.807) is 12.4 Å². The van der Waals surface area contributed by atoms with E-state index in [4.69, 9.17) is 32.7 Å². The van der Waals surface area contributed by atoms with E-state index in [1.807, 2.05) is 24.3 Å². The summed E-state index contributed by atoms with van der Waals surface area (Å²) in [7, 11) is 0. The molecular formula is C28H30Cl2N8O2. The summed E-state index contributed by atoms with van der Waals surface area (Å²) >= 11 is 11.5. The Kier molecular flexibility index (Phi) is 10.1. The first-order valence-corrected chi connectivity index (χ1v) is 13.7. The zero-order valence-corrected chi connectivity index (χ0v) is 23.2. The lowest BCUT2D eigenvalue weighted by Crippen LogP contribution is -2.33. The number of halogens is 2. The SMILES string of the molecule is Clc1cnc(Nc2ccc([C@@H]3CNCCO3)cc2)cn1.Clc1cncc(Nc2ccc([C@@H]3CNCCO3)cc2)n1. The van der Waals surface area contributed by atoms with Gasteiger partial charge >= 0.3 is 0 Å². The second-order valence-corrected chi connectivity index (χ2v) is 9.85. The van der Waals surface area contributed by atoms with Crippen molar-refractivity contribution < 1.29 is 9.47 Å². The predicted molar refractivity (Wildman–Crippen MR) is 157 cm³/mol. The van der Waals surface area contributed by atoms with Gasteiger partial charge in [-0.25, -0.2) is 15.0 Å². The quantitative estimate of drug-likeness (QED) is 0.246. The fraction of sp³-hybridized carbons (Fsp3) is 0.286. The van der Waals surface area contributed by atoms with Gasteiger partial charge in [-0.15, -0.1) is 0 Å². The maximum absolute atomic E-state index is 5.80. The lowest BCUT2D eigenvalue weighted by atomic mass is 10.1. The number of benzene rings is 2. The predicted octanol–water partition coefficient (Wildman–Crippen LogP) is 5.07. The molecule has 12 heteroatoms. The Labute approximate surface area is 242 Å². The van der Waals surface area contributed by atoms with E-state index in [0.717, 1.165) is 50.8 Å². The fourth-order valence-corrected chi connectivity index (χ4v) is 4.44. The minimum absolute atomic E-state index is 0.128. The minimum atomic E-state index is 0.128. The zero-order valence-electron chi connectivity index (χ0n) is 21.7. The molecule has 4 N–H and O–H groups in total. The molecule has 0 aliphatic carbocycles. The maximum atomic E-state index is 5.80. The molecule has 2 atom stereocenters. The van der Waals surface area contributed by atoms with E-state index in [-0.39, 0.29) is 12.2 Å². The number of rotatable bonds is 6. The van der Waals surface area contributed by atoms with Crippen LogP contribution in [0.3, 0.4) is 0 Å². The molecule has 208 valence electrons. The molecule has 2 aliphatic heterocycles. The Bertz CT molecular complexity index is 1330. The third kappa shape index (κ3) is 8.31. The van der Waals surface area contributed by atoms with Crippen molar-refractivity contribution in [3.8, 4) is 0 Å². The van der Waals surface area contributed by atoms with Crippen LogP contribution < -0.4 is 21.3 Å². The Morgan fingerprint density at radius 1 is 0.650 bits per heavy atom. The smallest absolute Gasteiger partial charge is 0.150 e. The largest absolute Gasteiger partial charge is 0.371 e. The van der Waals surface area contributed by atoms with Gasteiger partial charge in [-0.05, 0) is 35.4 Å². The molecular weight excluding hydrogens is 551 g/mol. The minimum Gasteiger partial charge on any atom is -0.371 e. The lowest BCUT2D eigenvalue weighted by molar-refractivity contribution is 0.0276. The van der Waals surface area contributed by atoms with Crippen LogP contribution in [0, 0.1) is 0 Å². The van der Waals surface area contributed by atoms with Gasteiger partial charge < -0.3 is 30.7 Å². The number of hydrogen-bond acceptors (Lipinski definition) is 10. The number of hydrogen-bond donors (Lipinski definition) is 4. The zero-order chi connectivity index (χ0) is 27.6. The van der Waals surface area contributed by atoms with Crippen molar-refractivity contribution in [1.29, 1.82) is 0 Å². The standard InChI is InChI=1S/2C14H15ClN4O/c15-13-8-18-14(9-17-13)19-11-3-1-10(2-4-11)12-7-16-5-6-20-12;15-13-8-17-9-14(19-13)18-11-3-1-10(2-4-11)12-7-16-5-6-20-12/h2*1-4,8-9,12,16H,5-7H2,(H,18,19)/t2*12-/m00/s1. The van der Waals surface area contributed by atoms with Gasteiger partial charge in [0.2, 0.25) is 0 Å². The number of morpholine rings is 2. The normalized spacial score (nSPS) is 18.8. The third-order valence-electron chi connectivity index (χ3n) is 6.19. The molecule has 40 heavy (non-hydrogen) atoms. The topological polar surface area (TPSA) is 118 Å². The summed E-state index contributed by atoms with van der Waals surface area (Å²) < 4.78 is 11.4. The van der Waals surface area contributed by atoms with Crippen molar-refractivity contribution in [3.05, 3.63) is 94.8 Å². The number of anilines is 4. The Morgan fingerprint density at radius 2 is 1.23 bits per heavy atom. The molecule has 0 spiro atoms. The van der Waals surface area contributed by atoms with Crippen LogP contribution in [0.1, 0.15) is 23.3 Å². The van der Waals surface area contributed by atoms with Gasteiger partial charge in [0.1, 0.15) is 16.1 Å². The number of ether oxygens (including phenoxy) is 2. The highest BCUT2D eigenvalue weighted by atomic mass is 35.5. The second kappa shape index (κ2) is 14.3. The highest BCUT2D eigenvalue weighted by Crippen LogP contribution is 2.23. The molecule has 2 fully saturated rings. The molecule has 0 unspecified atom stereocenters. The van der Waals surface area contributed by atoms with Crippen LogP contribution in [0.15, 0.2) is 73.3 Å². The number of aromatic nitrogens is 4. The first-order valence-electron chi connectivity index (χ1n) is 13.0. The molecule has 0 amide bonds. The molecule has 0 bridgehead atoms. The number of nitrogens with one attached hydrogen (secondary N) is 4. The third-order valence-corrected chi connectivity index (χ3v) is 6.57. The van der Waals surface area contributed by atoms with Crippen LogP contribution in [-0.4, -0.2) is 59.3 Å². The molecule has 10 nitrogen and oxygen atoms in total. The summed E-state index contributed by atoms with van der Waals surface area (Å²) in [5.41, 5.74) is 4.23. The lowest BCUT2D eigenvalue weighted by Gasteiger charge is -2.24. The highest BCUT2D eigenvalue weighted by Gasteiger charge is 2.16. The van der Waals surface area contributed by atoms with Crippen LogP contribution in [0.4, 0.5) is 23.0 Å². The molecule has 0 saturated carbocycles. The average molecular weight is 582 g/mol. The van der Waals surface area contributed by atoms with E-state index in [2.05, 4.69) is 65.5 Å². The fourth-order valence-electron chi connectivity index (χ4n) is 4.20. The van der Waals surface area contributed by atoms with Crippen molar-refractivity contribution in [1.82, 2.24) is 30.6 Å². The van der Waals surface area contributed by atoms with Gasteiger partial charge in [0.05, 0.1) is 50.2 Å². The van der Waals surface area contributed by atoms with E-state index < -0.39 is 0 Å². The van der Waals surface area contributed by atoms with Crippen molar-refractivity contribution in [2.45, 2.75) is 12.2 Å². The summed E-state index contributed by atoms with van der Waals surface area (Å²) in [6.07, 6.45) is 6.51. The highest BCUT2D eigenvalue weighted by molar-refractivity contribution is 6.29. The maximum Gasteiger partial charge on any atom is 0.150 e. The van der Waals surface area contributed by atoms with E-state index in [9.17, 15) is 0 Å². The summed E-state index contributed by atoms with van der Waals surface area (Å²) in [6, 6.07) is 16.2. The molecule has 2 saturated heterocycles. The summed E-state index contributed by atoms with van der Waals surface area (Å²) in [5.74, 6) is 1.29. The van der Waals surface area contributed by atoms with Crippen LogP contribution in [0.5, 0.6) is 0 Å². The summed E-state index contributed by atoms with van der Waals surface area (Å²) in [4.78, 5) is 16.2. The van der Waals surface area contributed by atoms with Crippen LogP contribution in [0.2, 0.25) is 10.3 Å². The molecule has 4 heterocycles. The average Bonchev–Trinajstić information content (AvgIpc) is 3.00. The van der Waals surface area contributed by atoms with Crippen LogP contribution in [0.25, 0.3) is 0 Å². The first-order chi connectivity index (χ1) is 19.6. The summed E-state index contributed by atoms with van der Waals surface area (Å²) in [5, 5.41) is 13.7. The second-order valence-electron chi connectivity index (χ2n) is 9.07. The van der Waals surface area contributed by atoms with E-state index in [1.165, 1.54) is 23.5 Å². The molecule has 2 aromatic heterocycles. The van der Waals surface area contributed by atoms with Gasteiger partial charge in [0, 0.05) is 37.6 Å². The Morgan fingerprint density at radius 3 is 1.70 bits per heavy atom. The van der Waals surface area contributed by atoms with Gasteiger partial charge in [-0.2, -0.15) is 0 Å². The van der Waals surface area contributed by atoms with E-state index in [0.29, 0.717) is 21.9 Å². The Hall–Kier alpha value is -3.38. The van der Waals surface area contributed by atoms with Crippen molar-refractivity contribution in [2.75, 3.05) is 50.0 Å². The number of nitrogens with zero attached hydrogens (tertiary/aromatic N) is 4. The summed E-state index contributed by atoms with van der Waals surface area (Å²) in [6.45, 7) is 5.06. The van der Waals surface area contributed by atoms with E-state index >= 15 is 0 Å². The van der Waals surface area contributed by atoms with Crippen molar-refractivity contribution >= 4 is 46.2 Å². The van der Waals surface area contributed by atoms with Crippen molar-refractivity contribution in [3.63, 3.8) is 0 Å². The Balaban J connectivity index is 0.000000161. The monoisotopic (exact) mass is 580 g/mol. The van der Waals surface area contributed by atoms with Gasteiger partial charge in [0.15, 0.2) is 5.82 Å². The molecule has 2 aliphatic rings. The van der Waals surface area contributed by atoms with Crippen LogP contribution >= 0.6 is 23.2 Å².